The number of carbonyl (C=O) groups excluding carboxylic acids is 2. The Hall–Kier alpha value is -2.32. The summed E-state index contributed by atoms with van der Waals surface area (Å²) in [6.07, 6.45) is 0.884. The number of carbonyl (C=O) groups is 2. The molecular formula is C22H30N4O2S2. The van der Waals surface area contributed by atoms with Gasteiger partial charge in [0.05, 0.1) is 0 Å². The lowest BCUT2D eigenvalue weighted by Gasteiger charge is -2.13. The maximum atomic E-state index is 12.0. The minimum Gasteiger partial charge on any atom is -0.378 e. The van der Waals surface area contributed by atoms with Crippen LogP contribution in [-0.4, -0.2) is 51.5 Å². The quantitative estimate of drug-likeness (QED) is 0.390. The van der Waals surface area contributed by atoms with E-state index in [1.165, 1.54) is 0 Å². The molecule has 0 aliphatic heterocycles. The summed E-state index contributed by atoms with van der Waals surface area (Å²) in [5.41, 5.74) is 3.79. The van der Waals surface area contributed by atoms with Crippen molar-refractivity contribution in [1.29, 1.82) is 0 Å². The van der Waals surface area contributed by atoms with Crippen LogP contribution in [0.4, 0.5) is 22.7 Å². The zero-order valence-electron chi connectivity index (χ0n) is 18.0. The molecule has 0 atom stereocenters. The van der Waals surface area contributed by atoms with Crippen molar-refractivity contribution in [1.82, 2.24) is 0 Å². The highest BCUT2D eigenvalue weighted by Gasteiger charge is 2.06. The number of hydrogen-bond acceptors (Lipinski definition) is 6. The highest BCUT2D eigenvalue weighted by molar-refractivity contribution is 8.76. The molecule has 0 bridgehead atoms. The topological polar surface area (TPSA) is 64.7 Å². The normalized spacial score (nSPS) is 10.4. The summed E-state index contributed by atoms with van der Waals surface area (Å²) in [6.45, 7) is 0. The van der Waals surface area contributed by atoms with Gasteiger partial charge in [-0.2, -0.15) is 0 Å². The van der Waals surface area contributed by atoms with Crippen molar-refractivity contribution in [2.75, 3.05) is 60.1 Å². The average molecular weight is 447 g/mol. The van der Waals surface area contributed by atoms with Crippen LogP contribution in [0.3, 0.4) is 0 Å². The predicted octanol–water partition coefficient (Wildman–Crippen LogP) is 4.56. The average Bonchev–Trinajstić information content (AvgIpc) is 2.71. The van der Waals surface area contributed by atoms with Crippen molar-refractivity contribution in [3.05, 3.63) is 48.5 Å². The molecule has 0 aliphatic carbocycles. The van der Waals surface area contributed by atoms with Crippen molar-refractivity contribution in [2.24, 2.45) is 0 Å². The molecule has 0 unspecified atom stereocenters. The Labute approximate surface area is 187 Å². The molecule has 6 nitrogen and oxygen atoms in total. The summed E-state index contributed by atoms with van der Waals surface area (Å²) in [5.74, 6) is 1.42. The monoisotopic (exact) mass is 446 g/mol. The van der Waals surface area contributed by atoms with E-state index in [2.05, 4.69) is 10.6 Å². The number of benzene rings is 2. The van der Waals surface area contributed by atoms with Gasteiger partial charge in [0.1, 0.15) is 0 Å². The maximum Gasteiger partial charge on any atom is 0.225 e. The smallest absolute Gasteiger partial charge is 0.225 e. The molecule has 0 spiro atoms. The minimum absolute atomic E-state index is 0.000354. The predicted molar refractivity (Wildman–Crippen MR) is 133 cm³/mol. The Morgan fingerprint density at radius 2 is 1.00 bits per heavy atom. The molecule has 30 heavy (non-hydrogen) atoms. The first-order chi connectivity index (χ1) is 14.3. The fraction of sp³-hybridized carbons (Fsp3) is 0.364. The molecule has 0 saturated heterocycles. The molecule has 2 aromatic carbocycles. The molecule has 0 aromatic heterocycles. The van der Waals surface area contributed by atoms with E-state index < -0.39 is 0 Å². The van der Waals surface area contributed by atoms with E-state index in [4.69, 9.17) is 0 Å². The van der Waals surface area contributed by atoms with Crippen LogP contribution in [0.2, 0.25) is 0 Å². The van der Waals surface area contributed by atoms with Crippen molar-refractivity contribution in [2.45, 2.75) is 12.8 Å². The van der Waals surface area contributed by atoms with Gasteiger partial charge in [-0.25, -0.2) is 0 Å². The Morgan fingerprint density at radius 1 is 0.667 bits per heavy atom. The van der Waals surface area contributed by atoms with Gasteiger partial charge in [0.2, 0.25) is 11.8 Å². The van der Waals surface area contributed by atoms with Crippen LogP contribution in [0.25, 0.3) is 0 Å². The van der Waals surface area contributed by atoms with Gasteiger partial charge in [-0.05, 0) is 48.5 Å². The number of amides is 2. The van der Waals surface area contributed by atoms with Crippen LogP contribution < -0.4 is 20.4 Å². The summed E-state index contributed by atoms with van der Waals surface area (Å²) in [7, 11) is 11.2. The molecule has 2 amide bonds. The second-order valence-corrected chi connectivity index (χ2v) is 9.83. The van der Waals surface area contributed by atoms with Gasteiger partial charge in [0.25, 0.3) is 0 Å². The van der Waals surface area contributed by atoms with Crippen LogP contribution in [0.5, 0.6) is 0 Å². The molecule has 2 N–H and O–H groups in total. The highest BCUT2D eigenvalue weighted by atomic mass is 33.1. The van der Waals surface area contributed by atoms with Gasteiger partial charge in [0.15, 0.2) is 0 Å². The first-order valence-electron chi connectivity index (χ1n) is 9.74. The van der Waals surface area contributed by atoms with Crippen LogP contribution in [0.15, 0.2) is 48.5 Å². The summed E-state index contributed by atoms with van der Waals surface area (Å²) in [6, 6.07) is 15.5. The fourth-order valence-corrected chi connectivity index (χ4v) is 4.50. The van der Waals surface area contributed by atoms with E-state index >= 15 is 0 Å². The number of nitrogens with one attached hydrogen (secondary N) is 2. The largest absolute Gasteiger partial charge is 0.378 e. The third kappa shape index (κ3) is 8.59. The van der Waals surface area contributed by atoms with Crippen molar-refractivity contribution in [3.63, 3.8) is 0 Å². The van der Waals surface area contributed by atoms with Crippen LogP contribution in [0.1, 0.15) is 12.8 Å². The summed E-state index contributed by atoms with van der Waals surface area (Å²) in [4.78, 5) is 28.1. The molecule has 0 saturated carbocycles. The SMILES string of the molecule is CN(C)c1ccc(NC(=O)CCSSCCC(=O)Nc2ccc(N(C)C)cc2)cc1. The standard InChI is InChI=1S/C22H30N4O2S2/c1-25(2)19-9-5-17(6-10-19)23-21(27)13-15-29-30-16-14-22(28)24-18-7-11-20(12-8-18)26(3)4/h5-12H,13-16H2,1-4H3,(H,23,27)(H,24,28). The Bertz CT molecular complexity index is 739. The minimum atomic E-state index is -0.000354. The lowest BCUT2D eigenvalue weighted by atomic mass is 10.2. The molecule has 0 fully saturated rings. The molecule has 0 heterocycles. The molecule has 0 radical (unpaired) electrons. The summed E-state index contributed by atoms with van der Waals surface area (Å²) in [5, 5.41) is 5.82. The Kier molecular flexibility index (Phi) is 9.89. The molecule has 0 aliphatic rings. The summed E-state index contributed by atoms with van der Waals surface area (Å²) < 4.78 is 0. The van der Waals surface area contributed by atoms with Crippen LogP contribution in [0, 0.1) is 0 Å². The number of hydrogen-bond donors (Lipinski definition) is 2. The highest BCUT2D eigenvalue weighted by Crippen LogP contribution is 2.23. The molecule has 2 rings (SSSR count). The zero-order chi connectivity index (χ0) is 21.9. The Morgan fingerprint density at radius 3 is 1.30 bits per heavy atom. The van der Waals surface area contributed by atoms with Gasteiger partial charge in [0, 0.05) is 75.3 Å². The molecule has 8 heteroatoms. The van der Waals surface area contributed by atoms with Crippen molar-refractivity contribution < 1.29 is 9.59 Å². The molecule has 162 valence electrons. The van der Waals surface area contributed by atoms with Crippen molar-refractivity contribution in [3.8, 4) is 0 Å². The number of anilines is 4. The van der Waals surface area contributed by atoms with E-state index in [1.54, 1.807) is 21.6 Å². The lowest BCUT2D eigenvalue weighted by Crippen LogP contribution is -2.13. The fourth-order valence-electron chi connectivity index (χ4n) is 2.52. The van der Waals surface area contributed by atoms with Gasteiger partial charge in [-0.15, -0.1) is 0 Å². The first kappa shape index (κ1) is 24.0. The van der Waals surface area contributed by atoms with E-state index in [-0.39, 0.29) is 11.8 Å². The molecule has 2 aromatic rings. The van der Waals surface area contributed by atoms with E-state index in [1.807, 2.05) is 86.5 Å². The lowest BCUT2D eigenvalue weighted by molar-refractivity contribution is -0.116. The zero-order valence-corrected chi connectivity index (χ0v) is 19.6. The van der Waals surface area contributed by atoms with E-state index in [0.29, 0.717) is 24.3 Å². The summed E-state index contributed by atoms with van der Waals surface area (Å²) >= 11 is 0. The van der Waals surface area contributed by atoms with Gasteiger partial charge >= 0.3 is 0 Å². The third-order valence-corrected chi connectivity index (χ3v) is 6.65. The van der Waals surface area contributed by atoms with Crippen molar-refractivity contribution >= 4 is 56.2 Å². The maximum absolute atomic E-state index is 12.0. The number of rotatable bonds is 11. The first-order valence-corrected chi connectivity index (χ1v) is 12.2. The van der Waals surface area contributed by atoms with E-state index in [0.717, 1.165) is 22.7 Å². The van der Waals surface area contributed by atoms with Gasteiger partial charge in [-0.1, -0.05) is 21.6 Å². The molecular weight excluding hydrogens is 416 g/mol. The Balaban J connectivity index is 1.56. The second kappa shape index (κ2) is 12.4. The van der Waals surface area contributed by atoms with E-state index in [9.17, 15) is 9.59 Å². The van der Waals surface area contributed by atoms with Gasteiger partial charge < -0.3 is 20.4 Å². The number of nitrogens with zero attached hydrogens (tertiary/aromatic N) is 2. The van der Waals surface area contributed by atoms with Gasteiger partial charge in [-0.3, -0.25) is 9.59 Å². The third-order valence-electron chi connectivity index (χ3n) is 4.24. The van der Waals surface area contributed by atoms with Crippen LogP contribution in [-0.2, 0) is 9.59 Å². The van der Waals surface area contributed by atoms with Crippen LogP contribution >= 0.6 is 21.6 Å². The second-order valence-electron chi connectivity index (χ2n) is 7.12.